The zero-order valence-corrected chi connectivity index (χ0v) is 17.8. The van der Waals surface area contributed by atoms with Crippen molar-refractivity contribution in [2.45, 2.75) is 45.2 Å². The van der Waals surface area contributed by atoms with E-state index in [9.17, 15) is 14.3 Å². The van der Waals surface area contributed by atoms with Gasteiger partial charge in [0.2, 0.25) is 0 Å². The van der Waals surface area contributed by atoms with Gasteiger partial charge in [0.25, 0.3) is 5.91 Å². The number of aliphatic hydroxyl groups excluding tert-OH is 1. The Bertz CT molecular complexity index is 1070. The number of nitrogens with zero attached hydrogens (tertiary/aromatic N) is 4. The number of hydrogen-bond acceptors (Lipinski definition) is 5. The highest BCUT2D eigenvalue weighted by Gasteiger charge is 2.28. The van der Waals surface area contributed by atoms with Crippen LogP contribution in [0.5, 0.6) is 0 Å². The molecule has 3 aromatic rings. The van der Waals surface area contributed by atoms with Crippen molar-refractivity contribution < 1.29 is 14.3 Å². The Morgan fingerprint density at radius 3 is 2.90 bits per heavy atom. The number of aromatic nitrogens is 3. The van der Waals surface area contributed by atoms with Gasteiger partial charge in [0.15, 0.2) is 11.3 Å². The van der Waals surface area contributed by atoms with Gasteiger partial charge in [-0.3, -0.25) is 4.79 Å². The predicted octanol–water partition coefficient (Wildman–Crippen LogP) is 3.35. The summed E-state index contributed by atoms with van der Waals surface area (Å²) in [6, 6.07) is 10.1. The summed E-state index contributed by atoms with van der Waals surface area (Å²) < 4.78 is 15.3. The number of carbonyl (C=O) groups excluding carboxylic acids is 1. The monoisotopic (exact) mass is 425 g/mol. The lowest BCUT2D eigenvalue weighted by Crippen LogP contribution is -2.39. The zero-order valence-electron chi connectivity index (χ0n) is 17.8. The molecule has 2 atom stereocenters. The molecule has 3 heterocycles. The molecule has 2 N–H and O–H groups in total. The van der Waals surface area contributed by atoms with E-state index in [2.05, 4.69) is 15.2 Å². The summed E-state index contributed by atoms with van der Waals surface area (Å²) >= 11 is 0. The summed E-state index contributed by atoms with van der Waals surface area (Å²) in [6.07, 6.45) is 4.07. The van der Waals surface area contributed by atoms with E-state index in [4.69, 9.17) is 5.10 Å². The van der Waals surface area contributed by atoms with Crippen molar-refractivity contribution in [3.8, 4) is 0 Å². The van der Waals surface area contributed by atoms with Crippen LogP contribution in [0.1, 0.15) is 55.2 Å². The second-order valence-electron chi connectivity index (χ2n) is 8.49. The highest BCUT2D eigenvalue weighted by atomic mass is 19.1. The van der Waals surface area contributed by atoms with Crippen LogP contribution in [0.3, 0.4) is 0 Å². The molecule has 1 aliphatic heterocycles. The van der Waals surface area contributed by atoms with Crippen LogP contribution in [0, 0.1) is 11.7 Å². The molecule has 0 aliphatic carbocycles. The summed E-state index contributed by atoms with van der Waals surface area (Å²) in [5, 5.41) is 17.2. The van der Waals surface area contributed by atoms with E-state index in [0.29, 0.717) is 29.5 Å². The number of anilines is 1. The first kappa shape index (κ1) is 21.2. The van der Waals surface area contributed by atoms with Gasteiger partial charge in [-0.05, 0) is 55.0 Å². The molecule has 8 heteroatoms. The first-order valence-corrected chi connectivity index (χ1v) is 10.7. The number of imidazole rings is 1. The van der Waals surface area contributed by atoms with E-state index < -0.39 is 0 Å². The molecule has 7 nitrogen and oxygen atoms in total. The Morgan fingerprint density at radius 1 is 1.32 bits per heavy atom. The maximum absolute atomic E-state index is 13.8. The maximum atomic E-state index is 13.8. The van der Waals surface area contributed by atoms with Crippen LogP contribution in [0.2, 0.25) is 0 Å². The topological polar surface area (TPSA) is 82.8 Å². The van der Waals surface area contributed by atoms with Gasteiger partial charge < -0.3 is 15.3 Å². The molecule has 1 aromatic carbocycles. The maximum Gasteiger partial charge on any atom is 0.271 e. The lowest BCUT2D eigenvalue weighted by Gasteiger charge is -2.26. The Labute approximate surface area is 180 Å². The fraction of sp³-hybridized carbons (Fsp3) is 0.435. The van der Waals surface area contributed by atoms with Crippen molar-refractivity contribution in [2.75, 3.05) is 18.1 Å². The number of amides is 1. The highest BCUT2D eigenvalue weighted by molar-refractivity contribution is 5.93. The third-order valence-electron chi connectivity index (χ3n) is 5.67. The third kappa shape index (κ3) is 4.54. The number of benzene rings is 1. The molecule has 2 aromatic heterocycles. The third-order valence-corrected chi connectivity index (χ3v) is 5.67. The Kier molecular flexibility index (Phi) is 6.18. The number of aliphatic hydroxyl groups is 1. The molecular formula is C23H28FN5O2. The first-order chi connectivity index (χ1) is 15.0. The molecule has 31 heavy (non-hydrogen) atoms. The van der Waals surface area contributed by atoms with E-state index in [1.807, 2.05) is 32.0 Å². The Hall–Kier alpha value is -3.00. The van der Waals surface area contributed by atoms with Crippen LogP contribution in [0.25, 0.3) is 5.65 Å². The minimum atomic E-state index is -0.322. The number of hydrogen-bond donors (Lipinski definition) is 2. The largest absolute Gasteiger partial charge is 0.394 e. The van der Waals surface area contributed by atoms with E-state index in [1.54, 1.807) is 12.1 Å². The lowest BCUT2D eigenvalue weighted by molar-refractivity contribution is 0.0901. The van der Waals surface area contributed by atoms with Crippen molar-refractivity contribution in [3.05, 3.63) is 59.7 Å². The molecule has 1 unspecified atom stereocenters. The Morgan fingerprint density at radius 2 is 2.16 bits per heavy atom. The van der Waals surface area contributed by atoms with Gasteiger partial charge in [0, 0.05) is 6.54 Å². The van der Waals surface area contributed by atoms with Gasteiger partial charge in [0.05, 0.1) is 24.9 Å². The summed E-state index contributed by atoms with van der Waals surface area (Å²) in [5.74, 6) is 0.493. The molecule has 0 saturated carbocycles. The summed E-state index contributed by atoms with van der Waals surface area (Å²) in [4.78, 5) is 19.3. The van der Waals surface area contributed by atoms with Crippen LogP contribution in [0.4, 0.5) is 10.2 Å². The van der Waals surface area contributed by atoms with Crippen LogP contribution < -0.4 is 10.2 Å². The van der Waals surface area contributed by atoms with Crippen molar-refractivity contribution in [2.24, 2.45) is 5.92 Å². The molecule has 164 valence electrons. The normalized spacial score (nSPS) is 17.5. The second kappa shape index (κ2) is 9.01. The average Bonchev–Trinajstić information content (AvgIpc) is 3.39. The summed E-state index contributed by atoms with van der Waals surface area (Å²) in [5.41, 5.74) is 1.81. The standard InChI is InChI=1S/C23H28FN5O2/c1-15(2)11-18(14-30)26-23(31)20-13-25-21-8-9-22(27-29(20)21)28-10-4-7-19(28)16-5-3-6-17(24)12-16/h3,5-6,8-9,12-13,15,18-19,30H,4,7,10-11,14H2,1-2H3,(H,26,31)/t18-,19?/m1/s1. The summed E-state index contributed by atoms with van der Waals surface area (Å²) in [7, 11) is 0. The minimum Gasteiger partial charge on any atom is -0.394 e. The van der Waals surface area contributed by atoms with Gasteiger partial charge in [-0.2, -0.15) is 0 Å². The van der Waals surface area contributed by atoms with E-state index in [0.717, 1.165) is 24.9 Å². The number of nitrogens with one attached hydrogen (secondary N) is 1. The number of halogens is 1. The summed E-state index contributed by atoms with van der Waals surface area (Å²) in [6.45, 7) is 4.77. The molecule has 1 amide bonds. The number of carbonyl (C=O) groups is 1. The molecule has 0 spiro atoms. The van der Waals surface area contributed by atoms with E-state index >= 15 is 0 Å². The molecule has 1 saturated heterocycles. The van der Waals surface area contributed by atoms with Crippen molar-refractivity contribution in [1.29, 1.82) is 0 Å². The van der Waals surface area contributed by atoms with E-state index in [-0.39, 0.29) is 30.4 Å². The molecular weight excluding hydrogens is 397 g/mol. The van der Waals surface area contributed by atoms with Crippen molar-refractivity contribution >= 4 is 17.4 Å². The molecule has 0 radical (unpaired) electrons. The van der Waals surface area contributed by atoms with E-state index in [1.165, 1.54) is 16.8 Å². The highest BCUT2D eigenvalue weighted by Crippen LogP contribution is 2.35. The van der Waals surface area contributed by atoms with Crippen LogP contribution >= 0.6 is 0 Å². The molecule has 4 rings (SSSR count). The molecule has 1 aliphatic rings. The Balaban J connectivity index is 1.61. The van der Waals surface area contributed by atoms with Gasteiger partial charge in [-0.25, -0.2) is 13.9 Å². The van der Waals surface area contributed by atoms with Crippen LogP contribution in [-0.4, -0.2) is 44.8 Å². The van der Waals surface area contributed by atoms with Gasteiger partial charge in [0.1, 0.15) is 11.6 Å². The fourth-order valence-corrected chi connectivity index (χ4v) is 4.28. The second-order valence-corrected chi connectivity index (χ2v) is 8.49. The van der Waals surface area contributed by atoms with Gasteiger partial charge in [-0.1, -0.05) is 26.0 Å². The fourth-order valence-electron chi connectivity index (χ4n) is 4.28. The van der Waals surface area contributed by atoms with Crippen molar-refractivity contribution in [3.63, 3.8) is 0 Å². The smallest absolute Gasteiger partial charge is 0.271 e. The minimum absolute atomic E-state index is 0.0336. The quantitative estimate of drug-likeness (QED) is 0.607. The lowest BCUT2D eigenvalue weighted by atomic mass is 10.0. The zero-order chi connectivity index (χ0) is 22.0. The number of fused-ring (bicyclic) bond motifs is 1. The predicted molar refractivity (Wildman–Crippen MR) is 117 cm³/mol. The SMILES string of the molecule is CC(C)C[C@H](CO)NC(=O)c1cnc2ccc(N3CCCC3c3cccc(F)c3)nn12. The molecule has 1 fully saturated rings. The molecule has 0 bridgehead atoms. The average molecular weight is 426 g/mol. The van der Waals surface area contributed by atoms with Gasteiger partial charge in [-0.15, -0.1) is 5.10 Å². The van der Waals surface area contributed by atoms with Crippen LogP contribution in [-0.2, 0) is 0 Å². The number of rotatable bonds is 7. The van der Waals surface area contributed by atoms with Gasteiger partial charge >= 0.3 is 0 Å². The van der Waals surface area contributed by atoms with Crippen LogP contribution in [0.15, 0.2) is 42.6 Å². The first-order valence-electron chi connectivity index (χ1n) is 10.7. The van der Waals surface area contributed by atoms with Crippen molar-refractivity contribution in [1.82, 2.24) is 19.9 Å².